The highest BCUT2D eigenvalue weighted by Crippen LogP contribution is 2.32. The number of aromatic nitrogens is 1. The van der Waals surface area contributed by atoms with Crippen molar-refractivity contribution in [3.63, 3.8) is 0 Å². The summed E-state index contributed by atoms with van der Waals surface area (Å²) >= 11 is 1.46. The second-order valence-corrected chi connectivity index (χ2v) is 5.92. The number of fused-ring (bicyclic) bond motifs is 1. The normalized spacial score (nSPS) is 17.3. The van der Waals surface area contributed by atoms with Crippen LogP contribution in [0.2, 0.25) is 0 Å². The maximum absolute atomic E-state index is 10.1. The smallest absolute Gasteiger partial charge is 0.135 e. The number of benzene rings is 1. The van der Waals surface area contributed by atoms with Gasteiger partial charge in [0, 0.05) is 6.54 Å². The summed E-state index contributed by atoms with van der Waals surface area (Å²) in [7, 11) is 0. The van der Waals surface area contributed by atoms with E-state index in [1.165, 1.54) is 11.3 Å². The van der Waals surface area contributed by atoms with Crippen molar-refractivity contribution in [3.05, 3.63) is 35.0 Å². The maximum Gasteiger partial charge on any atom is 0.135 e. The van der Waals surface area contributed by atoms with Gasteiger partial charge in [-0.3, -0.25) is 5.41 Å². The molecule has 2 heterocycles. The van der Waals surface area contributed by atoms with Gasteiger partial charge in [-0.1, -0.05) is 12.1 Å². The summed E-state index contributed by atoms with van der Waals surface area (Å²) in [6.45, 7) is 2.26. The molecule has 0 saturated carbocycles. The van der Waals surface area contributed by atoms with Crippen LogP contribution >= 0.6 is 11.3 Å². The largest absolute Gasteiger partial charge is 0.510 e. The molecule has 0 radical (unpaired) electrons. The highest BCUT2D eigenvalue weighted by molar-refractivity contribution is 7.19. The summed E-state index contributed by atoms with van der Waals surface area (Å²) in [5.74, 6) is 0.372. The van der Waals surface area contributed by atoms with E-state index in [1.807, 2.05) is 24.3 Å². The van der Waals surface area contributed by atoms with Gasteiger partial charge in [0.2, 0.25) is 0 Å². The molecule has 3 rings (SSSR count). The van der Waals surface area contributed by atoms with Crippen molar-refractivity contribution in [2.75, 3.05) is 13.1 Å². The van der Waals surface area contributed by atoms with E-state index in [-0.39, 0.29) is 18.1 Å². The Labute approximate surface area is 120 Å². The number of amidine groups is 1. The molecule has 0 aliphatic carbocycles. The molecule has 0 fully saturated rings. The van der Waals surface area contributed by atoms with E-state index in [0.29, 0.717) is 17.1 Å². The predicted molar refractivity (Wildman–Crippen MR) is 80.1 cm³/mol. The van der Waals surface area contributed by atoms with Crippen molar-refractivity contribution in [2.24, 2.45) is 0 Å². The molecule has 20 heavy (non-hydrogen) atoms. The zero-order valence-electron chi connectivity index (χ0n) is 11.0. The molecule has 1 aromatic heterocycles. The van der Waals surface area contributed by atoms with Crippen LogP contribution in [0.4, 0.5) is 0 Å². The third kappa shape index (κ3) is 2.17. The van der Waals surface area contributed by atoms with Gasteiger partial charge in [-0.2, -0.15) is 0 Å². The van der Waals surface area contributed by atoms with Crippen LogP contribution in [0.1, 0.15) is 11.9 Å². The molecular weight excluding hydrogens is 274 g/mol. The van der Waals surface area contributed by atoms with Crippen LogP contribution in [0.25, 0.3) is 15.8 Å². The summed E-state index contributed by atoms with van der Waals surface area (Å²) in [6, 6.07) is 7.75. The van der Waals surface area contributed by atoms with E-state index in [4.69, 9.17) is 5.41 Å². The lowest BCUT2D eigenvalue weighted by atomic mass is 10.2. The summed E-state index contributed by atoms with van der Waals surface area (Å²) in [5.41, 5.74) is 1.35. The van der Waals surface area contributed by atoms with Crippen LogP contribution in [0.5, 0.6) is 0 Å². The Morgan fingerprint density at radius 2 is 2.20 bits per heavy atom. The molecule has 1 aromatic carbocycles. The summed E-state index contributed by atoms with van der Waals surface area (Å²) in [4.78, 5) is 6.13. The molecule has 1 atom stereocenters. The molecule has 2 aromatic rings. The third-order valence-electron chi connectivity index (χ3n) is 3.17. The van der Waals surface area contributed by atoms with Crippen LogP contribution < -0.4 is 0 Å². The van der Waals surface area contributed by atoms with Gasteiger partial charge in [-0.25, -0.2) is 4.98 Å². The Kier molecular flexibility index (Phi) is 3.19. The average molecular weight is 289 g/mol. The van der Waals surface area contributed by atoms with Gasteiger partial charge in [0.25, 0.3) is 0 Å². The lowest BCUT2D eigenvalue weighted by Gasteiger charge is -2.19. The molecule has 3 N–H and O–H groups in total. The molecule has 1 aliphatic rings. The number of aliphatic hydroxyl groups excluding tert-OH is 2. The summed E-state index contributed by atoms with van der Waals surface area (Å²) < 4.78 is 1.03. The van der Waals surface area contributed by atoms with E-state index in [1.54, 1.807) is 11.8 Å². The number of hydrogen-bond donors (Lipinski definition) is 3. The standard InChI is InChI=1S/C14H15N3O2S/c1-8(18)6-17-7-10(19)12(13(17)15)14-16-9-4-2-3-5-11(9)20-14/h2-5,8,15,18-19H,6-7H2,1H3. The lowest BCUT2D eigenvalue weighted by Crippen LogP contribution is -2.33. The van der Waals surface area contributed by atoms with Gasteiger partial charge < -0.3 is 15.1 Å². The summed E-state index contributed by atoms with van der Waals surface area (Å²) in [5, 5.41) is 28.4. The van der Waals surface area contributed by atoms with Crippen LogP contribution in [0.3, 0.4) is 0 Å². The van der Waals surface area contributed by atoms with Crippen LogP contribution in [0.15, 0.2) is 30.0 Å². The van der Waals surface area contributed by atoms with E-state index >= 15 is 0 Å². The Morgan fingerprint density at radius 1 is 1.45 bits per heavy atom. The Bertz CT molecular complexity index is 672. The topological polar surface area (TPSA) is 80.4 Å². The lowest BCUT2D eigenvalue weighted by molar-refractivity contribution is 0.160. The Hall–Kier alpha value is -1.92. The fourth-order valence-electron chi connectivity index (χ4n) is 2.31. The second-order valence-electron chi connectivity index (χ2n) is 4.89. The van der Waals surface area contributed by atoms with Gasteiger partial charge in [0.1, 0.15) is 16.6 Å². The Balaban J connectivity index is 1.97. The summed E-state index contributed by atoms with van der Waals surface area (Å²) in [6.07, 6.45) is -0.544. The number of nitrogens with zero attached hydrogens (tertiary/aromatic N) is 2. The number of β-amino-alcohol motifs (C(OH)–C–C–N with tert-alkyl or cyclic N) is 1. The molecular formula is C14H15N3O2S. The number of hydrogen-bond acceptors (Lipinski definition) is 5. The van der Waals surface area contributed by atoms with Crippen molar-refractivity contribution in [1.29, 1.82) is 5.41 Å². The minimum Gasteiger partial charge on any atom is -0.510 e. The van der Waals surface area contributed by atoms with Crippen LogP contribution in [0, 0.1) is 5.41 Å². The first-order chi connectivity index (χ1) is 9.56. The quantitative estimate of drug-likeness (QED) is 0.809. The first-order valence-corrected chi connectivity index (χ1v) is 7.18. The van der Waals surface area contributed by atoms with Crippen molar-refractivity contribution < 1.29 is 10.2 Å². The van der Waals surface area contributed by atoms with Gasteiger partial charge in [0.15, 0.2) is 0 Å². The number of thiazole rings is 1. The minimum absolute atomic E-state index is 0.148. The zero-order chi connectivity index (χ0) is 14.3. The number of rotatable bonds is 3. The van der Waals surface area contributed by atoms with E-state index < -0.39 is 6.10 Å². The molecule has 6 heteroatoms. The molecule has 0 saturated heterocycles. The Morgan fingerprint density at radius 3 is 2.90 bits per heavy atom. The molecule has 0 amide bonds. The minimum atomic E-state index is -0.544. The van der Waals surface area contributed by atoms with Crippen LogP contribution in [-0.4, -0.2) is 45.1 Å². The van der Waals surface area contributed by atoms with Crippen molar-refractivity contribution in [1.82, 2.24) is 9.88 Å². The average Bonchev–Trinajstić information content (AvgIpc) is 2.90. The van der Waals surface area contributed by atoms with E-state index in [0.717, 1.165) is 10.2 Å². The highest BCUT2D eigenvalue weighted by Gasteiger charge is 2.30. The number of nitrogens with one attached hydrogen (secondary N) is 1. The zero-order valence-corrected chi connectivity index (χ0v) is 11.8. The molecule has 1 unspecified atom stereocenters. The van der Waals surface area contributed by atoms with Crippen LogP contribution in [-0.2, 0) is 0 Å². The van der Waals surface area contributed by atoms with E-state index in [2.05, 4.69) is 4.98 Å². The monoisotopic (exact) mass is 289 g/mol. The first kappa shape index (κ1) is 13.1. The molecule has 0 spiro atoms. The van der Waals surface area contributed by atoms with Crippen molar-refractivity contribution in [2.45, 2.75) is 13.0 Å². The van der Waals surface area contributed by atoms with Gasteiger partial charge >= 0.3 is 0 Å². The van der Waals surface area contributed by atoms with Crippen molar-refractivity contribution >= 4 is 33.0 Å². The fourth-order valence-corrected chi connectivity index (χ4v) is 3.35. The van der Waals surface area contributed by atoms with Crippen molar-refractivity contribution in [3.8, 4) is 0 Å². The molecule has 1 aliphatic heterocycles. The number of aliphatic hydroxyl groups is 2. The second kappa shape index (κ2) is 4.88. The maximum atomic E-state index is 10.1. The molecule has 0 bridgehead atoms. The van der Waals surface area contributed by atoms with E-state index in [9.17, 15) is 10.2 Å². The predicted octanol–water partition coefficient (Wildman–Crippen LogP) is 2.24. The molecule has 5 nitrogen and oxygen atoms in total. The van der Waals surface area contributed by atoms with Gasteiger partial charge in [-0.15, -0.1) is 11.3 Å². The molecule has 104 valence electrons. The number of para-hydroxylation sites is 1. The fraction of sp³-hybridized carbons (Fsp3) is 0.286. The van der Waals surface area contributed by atoms with Gasteiger partial charge in [-0.05, 0) is 19.1 Å². The first-order valence-electron chi connectivity index (χ1n) is 6.36. The van der Waals surface area contributed by atoms with Gasteiger partial charge in [0.05, 0.1) is 28.4 Å². The SMILES string of the molecule is CC(O)CN1CC(O)=C(c2nc3ccccc3s2)C1=N. The highest BCUT2D eigenvalue weighted by atomic mass is 32.1. The third-order valence-corrected chi connectivity index (χ3v) is 4.23.